The number of rotatable bonds is 4. The van der Waals surface area contributed by atoms with Crippen molar-refractivity contribution >= 4 is 5.69 Å². The molecule has 0 radical (unpaired) electrons. The van der Waals surface area contributed by atoms with Crippen molar-refractivity contribution in [2.45, 2.75) is 52.2 Å². The molecule has 17 heavy (non-hydrogen) atoms. The summed E-state index contributed by atoms with van der Waals surface area (Å²) in [5, 5.41) is 3.58. The fourth-order valence-corrected chi connectivity index (χ4v) is 2.38. The van der Waals surface area contributed by atoms with Gasteiger partial charge in [-0.2, -0.15) is 0 Å². The molecular formula is C14H22N2O. The number of nitrogens with one attached hydrogen (secondary N) is 1. The molecule has 0 amide bonds. The van der Waals surface area contributed by atoms with Crippen molar-refractivity contribution in [1.82, 2.24) is 4.98 Å². The fraction of sp³-hybridized carbons (Fsp3) is 0.643. The van der Waals surface area contributed by atoms with Gasteiger partial charge in [0.05, 0.1) is 11.8 Å². The zero-order chi connectivity index (χ0) is 12.3. The molecule has 2 rings (SSSR count). The van der Waals surface area contributed by atoms with E-state index in [0.717, 1.165) is 17.5 Å². The number of aromatic nitrogens is 1. The minimum Gasteiger partial charge on any atom is -0.473 e. The molecule has 0 aromatic carbocycles. The molecule has 2 atom stereocenters. The standard InChI is InChI=1S/C14H22N2O/c1-10(2)17-14-13(8-5-9-15-14)16-12-7-4-6-11(12)3/h5,8-12,16H,4,6-7H2,1-3H3. The van der Waals surface area contributed by atoms with Crippen molar-refractivity contribution < 1.29 is 4.74 Å². The molecule has 0 spiro atoms. The van der Waals surface area contributed by atoms with Crippen molar-refractivity contribution in [3.05, 3.63) is 18.3 Å². The van der Waals surface area contributed by atoms with E-state index in [9.17, 15) is 0 Å². The van der Waals surface area contributed by atoms with Crippen LogP contribution in [0.5, 0.6) is 5.88 Å². The molecule has 0 saturated heterocycles. The highest BCUT2D eigenvalue weighted by Gasteiger charge is 2.24. The molecule has 3 nitrogen and oxygen atoms in total. The first kappa shape index (κ1) is 12.2. The summed E-state index contributed by atoms with van der Waals surface area (Å²) >= 11 is 0. The Morgan fingerprint density at radius 1 is 1.41 bits per heavy atom. The Balaban J connectivity index is 2.09. The van der Waals surface area contributed by atoms with E-state index in [0.29, 0.717) is 6.04 Å². The van der Waals surface area contributed by atoms with E-state index in [-0.39, 0.29) is 6.10 Å². The molecule has 3 heteroatoms. The zero-order valence-electron chi connectivity index (χ0n) is 10.9. The average Bonchev–Trinajstić information content (AvgIpc) is 2.67. The number of hydrogen-bond acceptors (Lipinski definition) is 3. The zero-order valence-corrected chi connectivity index (χ0v) is 10.9. The second kappa shape index (κ2) is 5.39. The molecule has 1 saturated carbocycles. The number of nitrogens with zero attached hydrogens (tertiary/aromatic N) is 1. The smallest absolute Gasteiger partial charge is 0.237 e. The summed E-state index contributed by atoms with van der Waals surface area (Å²) in [6, 6.07) is 4.57. The van der Waals surface area contributed by atoms with Crippen molar-refractivity contribution in [3.8, 4) is 5.88 Å². The van der Waals surface area contributed by atoms with Crippen molar-refractivity contribution in [2.24, 2.45) is 5.92 Å². The van der Waals surface area contributed by atoms with Crippen molar-refractivity contribution in [3.63, 3.8) is 0 Å². The minimum atomic E-state index is 0.159. The molecule has 1 fully saturated rings. The summed E-state index contributed by atoms with van der Waals surface area (Å²) in [5.41, 5.74) is 1.03. The van der Waals surface area contributed by atoms with Gasteiger partial charge in [-0.1, -0.05) is 13.3 Å². The summed E-state index contributed by atoms with van der Waals surface area (Å²) < 4.78 is 5.72. The van der Waals surface area contributed by atoms with Crippen LogP contribution in [0.2, 0.25) is 0 Å². The first-order valence-corrected chi connectivity index (χ1v) is 6.55. The Hall–Kier alpha value is -1.25. The van der Waals surface area contributed by atoms with Crippen LogP contribution in [-0.4, -0.2) is 17.1 Å². The minimum absolute atomic E-state index is 0.159. The molecule has 1 aromatic heterocycles. The number of hydrogen-bond donors (Lipinski definition) is 1. The number of ether oxygens (including phenoxy) is 1. The van der Waals surface area contributed by atoms with Gasteiger partial charge in [0.15, 0.2) is 0 Å². The van der Waals surface area contributed by atoms with E-state index < -0.39 is 0 Å². The highest BCUT2D eigenvalue weighted by molar-refractivity contribution is 5.53. The Morgan fingerprint density at radius 3 is 2.88 bits per heavy atom. The predicted molar refractivity (Wildman–Crippen MR) is 70.4 cm³/mol. The number of pyridine rings is 1. The van der Waals surface area contributed by atoms with Crippen LogP contribution < -0.4 is 10.1 Å². The SMILES string of the molecule is CC(C)Oc1ncccc1NC1CCCC1C. The third kappa shape index (κ3) is 3.11. The lowest BCUT2D eigenvalue weighted by Gasteiger charge is -2.21. The summed E-state index contributed by atoms with van der Waals surface area (Å²) in [6.07, 6.45) is 5.82. The Bertz CT molecular complexity index is 365. The monoisotopic (exact) mass is 234 g/mol. The van der Waals surface area contributed by atoms with Gasteiger partial charge in [0.25, 0.3) is 0 Å². The predicted octanol–water partition coefficient (Wildman–Crippen LogP) is 3.47. The lowest BCUT2D eigenvalue weighted by molar-refractivity contribution is 0.233. The van der Waals surface area contributed by atoms with Crippen LogP contribution >= 0.6 is 0 Å². The van der Waals surface area contributed by atoms with Gasteiger partial charge in [0.2, 0.25) is 5.88 Å². The maximum Gasteiger partial charge on any atom is 0.237 e. The van der Waals surface area contributed by atoms with Gasteiger partial charge >= 0.3 is 0 Å². The first-order valence-electron chi connectivity index (χ1n) is 6.55. The van der Waals surface area contributed by atoms with Crippen LogP contribution in [0.3, 0.4) is 0 Å². The third-order valence-electron chi connectivity index (χ3n) is 3.32. The molecule has 94 valence electrons. The maximum atomic E-state index is 5.72. The van der Waals surface area contributed by atoms with E-state index in [1.807, 2.05) is 19.9 Å². The van der Waals surface area contributed by atoms with E-state index in [1.165, 1.54) is 19.3 Å². The van der Waals surface area contributed by atoms with E-state index in [2.05, 4.69) is 23.3 Å². The first-order chi connectivity index (χ1) is 8.16. The Labute approximate surface area is 104 Å². The summed E-state index contributed by atoms with van der Waals surface area (Å²) in [4.78, 5) is 4.30. The van der Waals surface area contributed by atoms with Crippen LogP contribution in [0.1, 0.15) is 40.0 Å². The number of anilines is 1. The molecule has 1 aromatic rings. The lowest BCUT2D eigenvalue weighted by Crippen LogP contribution is -2.22. The molecule has 1 heterocycles. The van der Waals surface area contributed by atoms with Crippen molar-refractivity contribution in [2.75, 3.05) is 5.32 Å². The maximum absolute atomic E-state index is 5.72. The Morgan fingerprint density at radius 2 is 2.24 bits per heavy atom. The lowest BCUT2D eigenvalue weighted by atomic mass is 10.1. The van der Waals surface area contributed by atoms with Crippen LogP contribution in [-0.2, 0) is 0 Å². The highest BCUT2D eigenvalue weighted by atomic mass is 16.5. The van der Waals surface area contributed by atoms with Gasteiger partial charge in [-0.3, -0.25) is 0 Å². The third-order valence-corrected chi connectivity index (χ3v) is 3.32. The average molecular weight is 234 g/mol. The van der Waals surface area contributed by atoms with E-state index >= 15 is 0 Å². The highest BCUT2D eigenvalue weighted by Crippen LogP contribution is 2.30. The van der Waals surface area contributed by atoms with Crippen LogP contribution in [0.4, 0.5) is 5.69 Å². The van der Waals surface area contributed by atoms with E-state index in [1.54, 1.807) is 6.20 Å². The van der Waals surface area contributed by atoms with Gasteiger partial charge < -0.3 is 10.1 Å². The van der Waals surface area contributed by atoms with Crippen LogP contribution in [0, 0.1) is 5.92 Å². The summed E-state index contributed by atoms with van der Waals surface area (Å²) in [5.74, 6) is 1.46. The van der Waals surface area contributed by atoms with Gasteiger partial charge in [-0.25, -0.2) is 4.98 Å². The van der Waals surface area contributed by atoms with Crippen LogP contribution in [0.25, 0.3) is 0 Å². The van der Waals surface area contributed by atoms with Gasteiger partial charge in [-0.15, -0.1) is 0 Å². The molecule has 1 N–H and O–H groups in total. The van der Waals surface area contributed by atoms with Gasteiger partial charge in [-0.05, 0) is 44.7 Å². The van der Waals surface area contributed by atoms with Crippen molar-refractivity contribution in [1.29, 1.82) is 0 Å². The molecular weight excluding hydrogens is 212 g/mol. The fourth-order valence-electron chi connectivity index (χ4n) is 2.38. The summed E-state index contributed by atoms with van der Waals surface area (Å²) in [7, 11) is 0. The molecule has 0 aliphatic heterocycles. The van der Waals surface area contributed by atoms with Crippen LogP contribution in [0.15, 0.2) is 18.3 Å². The van der Waals surface area contributed by atoms with E-state index in [4.69, 9.17) is 4.74 Å². The Kier molecular flexibility index (Phi) is 3.87. The second-order valence-electron chi connectivity index (χ2n) is 5.18. The van der Waals surface area contributed by atoms with Gasteiger partial charge in [0.1, 0.15) is 0 Å². The van der Waals surface area contributed by atoms with Gasteiger partial charge in [0, 0.05) is 12.2 Å². The largest absolute Gasteiger partial charge is 0.473 e. The molecule has 0 bridgehead atoms. The quantitative estimate of drug-likeness (QED) is 0.866. The second-order valence-corrected chi connectivity index (χ2v) is 5.18. The molecule has 1 aliphatic carbocycles. The molecule has 1 aliphatic rings. The summed E-state index contributed by atoms with van der Waals surface area (Å²) in [6.45, 7) is 6.36. The normalized spacial score (nSPS) is 24.0. The topological polar surface area (TPSA) is 34.1 Å². The molecule has 2 unspecified atom stereocenters.